The minimum Gasteiger partial charge on any atom is -0.494 e. The molecule has 9 nitrogen and oxygen atoms in total. The Kier molecular flexibility index (Phi) is 6.67. The summed E-state index contributed by atoms with van der Waals surface area (Å²) in [6.45, 7) is 5.57. The number of fused-ring (bicyclic) bond motifs is 1. The van der Waals surface area contributed by atoms with E-state index >= 15 is 0 Å². The van der Waals surface area contributed by atoms with Gasteiger partial charge in [0.05, 0.1) is 26.0 Å². The van der Waals surface area contributed by atoms with Crippen LogP contribution < -0.4 is 25.6 Å². The molecule has 2 aromatic carbocycles. The summed E-state index contributed by atoms with van der Waals surface area (Å²) in [4.78, 5) is 23.5. The van der Waals surface area contributed by atoms with Gasteiger partial charge in [-0.1, -0.05) is 18.2 Å². The molecular formula is C26H30N6O3. The number of nitrogens with zero attached hydrogens (tertiary/aromatic N) is 3. The van der Waals surface area contributed by atoms with Gasteiger partial charge in [-0.05, 0) is 37.1 Å². The van der Waals surface area contributed by atoms with Crippen molar-refractivity contribution in [2.75, 3.05) is 60.8 Å². The van der Waals surface area contributed by atoms with Crippen LogP contribution in [0.25, 0.3) is 0 Å². The van der Waals surface area contributed by atoms with Crippen molar-refractivity contribution in [1.82, 2.24) is 9.97 Å². The Morgan fingerprint density at radius 1 is 1.11 bits per heavy atom. The van der Waals surface area contributed by atoms with E-state index in [1.54, 1.807) is 14.0 Å². The Hall–Kier alpha value is -3.85. The molecule has 0 spiro atoms. The van der Waals surface area contributed by atoms with Gasteiger partial charge < -0.3 is 30.3 Å². The van der Waals surface area contributed by atoms with Crippen molar-refractivity contribution < 1.29 is 14.3 Å². The molecule has 3 N–H and O–H groups in total. The molecule has 0 saturated carbocycles. The number of aromatic nitrogens is 2. The summed E-state index contributed by atoms with van der Waals surface area (Å²) in [5, 5.41) is 10.1. The summed E-state index contributed by atoms with van der Waals surface area (Å²) in [5.74, 6) is 2.82. The zero-order valence-corrected chi connectivity index (χ0v) is 20.1. The van der Waals surface area contributed by atoms with Crippen LogP contribution in [0.3, 0.4) is 0 Å². The largest absolute Gasteiger partial charge is 0.494 e. The van der Waals surface area contributed by atoms with Gasteiger partial charge in [-0.2, -0.15) is 9.97 Å². The second kappa shape index (κ2) is 10.2. The Labute approximate surface area is 204 Å². The number of rotatable bonds is 8. The number of anilines is 6. The Morgan fingerprint density at radius 2 is 1.94 bits per heavy atom. The summed E-state index contributed by atoms with van der Waals surface area (Å²) in [5.41, 5.74) is 4.71. The molecule has 5 rings (SSSR count). The summed E-state index contributed by atoms with van der Waals surface area (Å²) in [7, 11) is 1.66. The molecule has 35 heavy (non-hydrogen) atoms. The molecule has 0 aliphatic carbocycles. The monoisotopic (exact) mass is 474 g/mol. The average molecular weight is 475 g/mol. The van der Waals surface area contributed by atoms with Gasteiger partial charge in [0.1, 0.15) is 23.2 Å². The van der Waals surface area contributed by atoms with Gasteiger partial charge in [-0.15, -0.1) is 0 Å². The quantitative estimate of drug-likeness (QED) is 0.449. The van der Waals surface area contributed by atoms with Gasteiger partial charge in [0.2, 0.25) is 5.95 Å². The number of benzene rings is 2. The lowest BCUT2D eigenvalue weighted by Gasteiger charge is -2.29. The summed E-state index contributed by atoms with van der Waals surface area (Å²) >= 11 is 0. The van der Waals surface area contributed by atoms with Crippen molar-refractivity contribution >= 4 is 40.4 Å². The molecule has 0 unspecified atom stereocenters. The average Bonchev–Trinajstić information content (AvgIpc) is 3.35. The fraction of sp³-hybridized carbons (Fsp3) is 0.346. The topological polar surface area (TPSA) is 101 Å². The number of carbonyl (C=O) groups excluding carboxylic acids is 1. The first-order valence-electron chi connectivity index (χ1n) is 11.9. The molecule has 0 radical (unpaired) electrons. The molecule has 2 aliphatic rings. The normalized spacial score (nSPS) is 14.7. The fourth-order valence-corrected chi connectivity index (χ4v) is 4.45. The maximum absolute atomic E-state index is 11.8. The molecule has 2 aliphatic heterocycles. The number of ketones is 1. The zero-order chi connectivity index (χ0) is 24.2. The van der Waals surface area contributed by atoms with Crippen molar-refractivity contribution in [3.63, 3.8) is 0 Å². The van der Waals surface area contributed by atoms with Crippen LogP contribution in [0.5, 0.6) is 5.75 Å². The number of hydrogen-bond acceptors (Lipinski definition) is 9. The molecule has 0 bridgehead atoms. The van der Waals surface area contributed by atoms with Gasteiger partial charge in [0.25, 0.3) is 0 Å². The number of Topliss-reactive ketones (excluding diaryl/α,β-unsaturated/α-hetero) is 1. The van der Waals surface area contributed by atoms with E-state index in [0.717, 1.165) is 79.1 Å². The first-order chi connectivity index (χ1) is 17.1. The Bertz CT molecular complexity index is 1230. The van der Waals surface area contributed by atoms with Crippen molar-refractivity contribution in [1.29, 1.82) is 0 Å². The number of carbonyl (C=O) groups is 1. The third-order valence-corrected chi connectivity index (χ3v) is 6.19. The van der Waals surface area contributed by atoms with Crippen molar-refractivity contribution in [3.8, 4) is 5.75 Å². The molecular weight excluding hydrogens is 444 g/mol. The van der Waals surface area contributed by atoms with Crippen LogP contribution in [0, 0.1) is 0 Å². The van der Waals surface area contributed by atoms with E-state index in [9.17, 15) is 4.79 Å². The molecule has 0 amide bonds. The van der Waals surface area contributed by atoms with E-state index in [1.165, 1.54) is 0 Å². The minimum absolute atomic E-state index is 0.115. The van der Waals surface area contributed by atoms with Crippen LogP contribution in [0.15, 0.2) is 42.5 Å². The third kappa shape index (κ3) is 5.14. The first-order valence-corrected chi connectivity index (χ1v) is 11.9. The molecule has 0 atom stereocenters. The second-order valence-corrected chi connectivity index (χ2v) is 8.67. The van der Waals surface area contributed by atoms with Crippen LogP contribution in [0.1, 0.15) is 18.1 Å². The van der Waals surface area contributed by atoms with Gasteiger partial charge in [0.15, 0.2) is 0 Å². The first kappa shape index (κ1) is 22.9. The second-order valence-electron chi connectivity index (χ2n) is 8.67. The van der Waals surface area contributed by atoms with Gasteiger partial charge >= 0.3 is 0 Å². The van der Waals surface area contributed by atoms with E-state index < -0.39 is 0 Å². The standard InChI is InChI=1S/C26H30N6O3/c1-17(33)15-18-5-3-4-6-21(18)28-25-20-9-10-27-24(20)30-26(31-25)29-22-8-7-19(16-23(22)34-2)32-11-13-35-14-12-32/h3-8,16H,9-15H2,1-2H3,(H3,27,28,29,30,31). The molecule has 1 saturated heterocycles. The predicted molar refractivity (Wildman–Crippen MR) is 138 cm³/mol. The van der Waals surface area contributed by atoms with Gasteiger partial charge in [-0.3, -0.25) is 4.79 Å². The van der Waals surface area contributed by atoms with E-state index in [4.69, 9.17) is 19.4 Å². The predicted octanol–water partition coefficient (Wildman–Crippen LogP) is 3.91. The molecule has 9 heteroatoms. The zero-order valence-electron chi connectivity index (χ0n) is 20.1. The fourth-order valence-electron chi connectivity index (χ4n) is 4.45. The van der Waals surface area contributed by atoms with Crippen molar-refractivity contribution in [2.45, 2.75) is 19.8 Å². The van der Waals surface area contributed by atoms with E-state index in [1.807, 2.05) is 36.4 Å². The van der Waals surface area contributed by atoms with Crippen LogP contribution in [0.2, 0.25) is 0 Å². The minimum atomic E-state index is 0.115. The maximum Gasteiger partial charge on any atom is 0.231 e. The highest BCUT2D eigenvalue weighted by molar-refractivity contribution is 5.81. The van der Waals surface area contributed by atoms with Gasteiger partial charge in [-0.25, -0.2) is 0 Å². The lowest BCUT2D eigenvalue weighted by molar-refractivity contribution is -0.116. The number of methoxy groups -OCH3 is 1. The smallest absolute Gasteiger partial charge is 0.231 e. The molecule has 1 fully saturated rings. The summed E-state index contributed by atoms with van der Waals surface area (Å²) < 4.78 is 11.1. The van der Waals surface area contributed by atoms with Crippen LogP contribution in [-0.2, 0) is 22.4 Å². The summed E-state index contributed by atoms with van der Waals surface area (Å²) in [6.07, 6.45) is 1.19. The van der Waals surface area contributed by atoms with Crippen LogP contribution in [-0.4, -0.2) is 55.7 Å². The highest BCUT2D eigenvalue weighted by Gasteiger charge is 2.21. The lowest BCUT2D eigenvalue weighted by atomic mass is 10.1. The van der Waals surface area contributed by atoms with Crippen molar-refractivity contribution in [2.24, 2.45) is 0 Å². The van der Waals surface area contributed by atoms with E-state index in [2.05, 4.69) is 26.9 Å². The van der Waals surface area contributed by atoms with Crippen LogP contribution in [0.4, 0.5) is 34.6 Å². The highest BCUT2D eigenvalue weighted by atomic mass is 16.5. The van der Waals surface area contributed by atoms with Crippen molar-refractivity contribution in [3.05, 3.63) is 53.6 Å². The number of nitrogens with one attached hydrogen (secondary N) is 3. The molecule has 1 aromatic heterocycles. The molecule has 3 heterocycles. The van der Waals surface area contributed by atoms with E-state index in [-0.39, 0.29) is 5.78 Å². The lowest BCUT2D eigenvalue weighted by Crippen LogP contribution is -2.36. The Morgan fingerprint density at radius 3 is 2.74 bits per heavy atom. The number of hydrogen-bond donors (Lipinski definition) is 3. The Balaban J connectivity index is 1.43. The van der Waals surface area contributed by atoms with Gasteiger partial charge in [0, 0.05) is 49.1 Å². The third-order valence-electron chi connectivity index (χ3n) is 6.19. The number of morpholine rings is 1. The molecule has 3 aromatic rings. The number of para-hydroxylation sites is 1. The number of ether oxygens (including phenoxy) is 2. The molecule has 182 valence electrons. The highest BCUT2D eigenvalue weighted by Crippen LogP contribution is 2.35. The van der Waals surface area contributed by atoms with E-state index in [0.29, 0.717) is 18.1 Å². The summed E-state index contributed by atoms with van der Waals surface area (Å²) in [6, 6.07) is 13.9. The van der Waals surface area contributed by atoms with Crippen LogP contribution >= 0.6 is 0 Å². The SMILES string of the molecule is COc1cc(N2CCOCC2)ccc1Nc1nc2c(c(Nc3ccccc3CC(C)=O)n1)CCN2. The maximum atomic E-state index is 11.8.